The van der Waals surface area contributed by atoms with Crippen LogP contribution in [0.15, 0.2) is 11.7 Å². The lowest BCUT2D eigenvalue weighted by Gasteiger charge is -2.18. The van der Waals surface area contributed by atoms with Crippen LogP contribution in [0.25, 0.3) is 0 Å². The molecule has 0 saturated heterocycles. The monoisotopic (exact) mass is 442 g/mol. The number of ether oxygens (including phenoxy) is 4. The number of hydrogen-bond donors (Lipinski definition) is 0. The van der Waals surface area contributed by atoms with Crippen molar-refractivity contribution >= 4 is 0 Å². The molecular weight excluding hydrogens is 388 g/mol. The Bertz CT molecular complexity index is 381. The third kappa shape index (κ3) is 20.7. The van der Waals surface area contributed by atoms with Crippen LogP contribution in [0.4, 0.5) is 0 Å². The minimum atomic E-state index is 0.245. The molecule has 0 spiro atoms. The lowest BCUT2D eigenvalue weighted by Crippen LogP contribution is -2.10. The van der Waals surface area contributed by atoms with Gasteiger partial charge < -0.3 is 18.9 Å². The Hall–Kier alpha value is -0.900. The van der Waals surface area contributed by atoms with Gasteiger partial charge in [-0.15, -0.1) is 0 Å². The van der Waals surface area contributed by atoms with Gasteiger partial charge in [-0.1, -0.05) is 105 Å². The molecular formula is C27H54O4. The maximum Gasteiger partial charge on any atom is 0.321 e. The van der Waals surface area contributed by atoms with Crippen LogP contribution in [0.3, 0.4) is 0 Å². The Morgan fingerprint density at radius 3 is 1.55 bits per heavy atom. The second-order valence-corrected chi connectivity index (χ2v) is 8.57. The van der Waals surface area contributed by atoms with E-state index in [0.29, 0.717) is 12.6 Å². The Kier molecular flexibility index (Phi) is 24.6. The molecule has 0 atom stereocenters. The molecule has 0 unspecified atom stereocenters. The molecule has 0 aromatic carbocycles. The van der Waals surface area contributed by atoms with Crippen molar-refractivity contribution in [2.75, 3.05) is 26.6 Å². The molecule has 0 aliphatic rings. The number of allylic oxidation sites excluding steroid dienone is 1. The molecule has 4 nitrogen and oxygen atoms in total. The van der Waals surface area contributed by atoms with Crippen LogP contribution in [0, 0.1) is 0 Å². The molecule has 0 aliphatic heterocycles. The summed E-state index contributed by atoms with van der Waals surface area (Å²) in [4.78, 5) is 0. The van der Waals surface area contributed by atoms with Crippen molar-refractivity contribution in [3.8, 4) is 0 Å². The van der Waals surface area contributed by atoms with Gasteiger partial charge in [0.05, 0.1) is 19.8 Å². The largest absolute Gasteiger partial charge is 0.491 e. The summed E-state index contributed by atoms with van der Waals surface area (Å²) in [6, 6.07) is 0. The lowest BCUT2D eigenvalue weighted by molar-refractivity contribution is -0.0845. The highest BCUT2D eigenvalue weighted by Crippen LogP contribution is 2.19. The molecule has 0 N–H and O–H groups in total. The van der Waals surface area contributed by atoms with Crippen LogP contribution >= 0.6 is 0 Å². The van der Waals surface area contributed by atoms with Gasteiger partial charge in [-0.05, 0) is 25.7 Å². The van der Waals surface area contributed by atoms with Crippen molar-refractivity contribution in [3.63, 3.8) is 0 Å². The predicted octanol–water partition coefficient (Wildman–Crippen LogP) is 8.89. The molecule has 0 saturated carbocycles. The smallest absolute Gasteiger partial charge is 0.321 e. The van der Waals surface area contributed by atoms with Crippen molar-refractivity contribution in [1.29, 1.82) is 0 Å². The number of hydrogen-bond acceptors (Lipinski definition) is 4. The van der Waals surface area contributed by atoms with Crippen LogP contribution in [0.1, 0.15) is 137 Å². The Labute approximate surface area is 194 Å². The van der Waals surface area contributed by atoms with Crippen LogP contribution < -0.4 is 0 Å². The molecule has 0 aliphatic carbocycles. The Morgan fingerprint density at radius 1 is 0.452 bits per heavy atom. The van der Waals surface area contributed by atoms with Crippen molar-refractivity contribution < 1.29 is 18.9 Å². The fourth-order valence-corrected chi connectivity index (χ4v) is 3.35. The van der Waals surface area contributed by atoms with Crippen LogP contribution in [-0.2, 0) is 18.9 Å². The van der Waals surface area contributed by atoms with Gasteiger partial charge in [-0.25, -0.2) is 0 Å². The first-order chi connectivity index (χ1) is 15.3. The maximum atomic E-state index is 6.17. The third-order valence-corrected chi connectivity index (χ3v) is 5.41. The topological polar surface area (TPSA) is 36.9 Å². The van der Waals surface area contributed by atoms with E-state index in [1.807, 2.05) is 0 Å². The first-order valence-electron chi connectivity index (χ1n) is 13.5. The summed E-state index contributed by atoms with van der Waals surface area (Å²) < 4.78 is 23.9. The number of unbranched alkanes of at least 4 members (excludes halogenated alkanes) is 12. The second-order valence-electron chi connectivity index (χ2n) is 8.57. The highest BCUT2D eigenvalue weighted by atomic mass is 16.7. The van der Waals surface area contributed by atoms with E-state index < -0.39 is 0 Å². The standard InChI is InChI=1S/C27H54O4/c1-5-9-13-16-18-22-28-25-31-27(30-24-20-15-11-7-3)26(21-17-12-8-4)29-23-19-14-10-6-2/h5-25H2,1-4H3. The zero-order valence-electron chi connectivity index (χ0n) is 21.5. The fourth-order valence-electron chi connectivity index (χ4n) is 3.35. The minimum absolute atomic E-state index is 0.245. The summed E-state index contributed by atoms with van der Waals surface area (Å²) in [5.74, 6) is 1.45. The SMILES string of the molecule is CCCCCCCOCOC(OCCCCCC)=C(CCCCC)OCCCCCC. The Morgan fingerprint density at radius 2 is 0.935 bits per heavy atom. The molecule has 31 heavy (non-hydrogen) atoms. The molecule has 0 rings (SSSR count). The first-order valence-corrected chi connectivity index (χ1v) is 13.5. The lowest BCUT2D eigenvalue weighted by atomic mass is 10.2. The van der Waals surface area contributed by atoms with E-state index in [1.165, 1.54) is 77.0 Å². The minimum Gasteiger partial charge on any atom is -0.491 e. The summed E-state index contributed by atoms with van der Waals surface area (Å²) in [6.45, 7) is 11.3. The Balaban J connectivity index is 4.67. The van der Waals surface area contributed by atoms with Gasteiger partial charge in [-0.2, -0.15) is 0 Å². The molecule has 0 aromatic heterocycles. The van der Waals surface area contributed by atoms with Crippen LogP contribution in [-0.4, -0.2) is 26.6 Å². The normalized spacial score (nSPS) is 12.0. The van der Waals surface area contributed by atoms with E-state index >= 15 is 0 Å². The van der Waals surface area contributed by atoms with E-state index in [0.717, 1.165) is 51.1 Å². The average molecular weight is 443 g/mol. The molecule has 0 aromatic rings. The third-order valence-electron chi connectivity index (χ3n) is 5.41. The molecule has 186 valence electrons. The molecule has 0 radical (unpaired) electrons. The highest BCUT2D eigenvalue weighted by molar-refractivity contribution is 4.95. The average Bonchev–Trinajstić information content (AvgIpc) is 2.78. The van der Waals surface area contributed by atoms with Gasteiger partial charge in [0, 0.05) is 6.42 Å². The van der Waals surface area contributed by atoms with Crippen molar-refractivity contribution in [2.45, 2.75) is 137 Å². The van der Waals surface area contributed by atoms with Gasteiger partial charge in [0.25, 0.3) is 0 Å². The van der Waals surface area contributed by atoms with E-state index in [9.17, 15) is 0 Å². The van der Waals surface area contributed by atoms with Crippen molar-refractivity contribution in [3.05, 3.63) is 11.7 Å². The molecule has 0 bridgehead atoms. The molecule has 0 amide bonds. The molecule has 0 fully saturated rings. The van der Waals surface area contributed by atoms with E-state index in [1.54, 1.807) is 0 Å². The number of rotatable bonds is 25. The van der Waals surface area contributed by atoms with Gasteiger partial charge >= 0.3 is 5.95 Å². The molecule has 0 heterocycles. The van der Waals surface area contributed by atoms with Gasteiger partial charge in [0.15, 0.2) is 12.6 Å². The van der Waals surface area contributed by atoms with Crippen molar-refractivity contribution in [2.24, 2.45) is 0 Å². The summed E-state index contributed by atoms with van der Waals surface area (Å²) in [7, 11) is 0. The quantitative estimate of drug-likeness (QED) is 0.0803. The summed E-state index contributed by atoms with van der Waals surface area (Å²) >= 11 is 0. The highest BCUT2D eigenvalue weighted by Gasteiger charge is 2.13. The van der Waals surface area contributed by atoms with Gasteiger partial charge in [0.1, 0.15) is 0 Å². The van der Waals surface area contributed by atoms with Gasteiger partial charge in [0.2, 0.25) is 0 Å². The van der Waals surface area contributed by atoms with Gasteiger partial charge in [-0.3, -0.25) is 0 Å². The second kappa shape index (κ2) is 25.4. The summed E-state index contributed by atoms with van der Waals surface area (Å²) in [5.41, 5.74) is 0. The van der Waals surface area contributed by atoms with Crippen LogP contribution in [0.2, 0.25) is 0 Å². The van der Waals surface area contributed by atoms with Crippen LogP contribution in [0.5, 0.6) is 0 Å². The fraction of sp³-hybridized carbons (Fsp3) is 0.926. The molecule has 4 heteroatoms. The summed E-state index contributed by atoms with van der Waals surface area (Å²) in [5, 5.41) is 0. The zero-order chi connectivity index (χ0) is 22.8. The summed E-state index contributed by atoms with van der Waals surface area (Å²) in [6.07, 6.45) is 20.1. The predicted molar refractivity (Wildman–Crippen MR) is 132 cm³/mol. The first kappa shape index (κ1) is 30.1. The van der Waals surface area contributed by atoms with E-state index in [4.69, 9.17) is 18.9 Å². The maximum absolute atomic E-state index is 6.17. The van der Waals surface area contributed by atoms with E-state index in [-0.39, 0.29) is 6.79 Å². The van der Waals surface area contributed by atoms with Crippen molar-refractivity contribution in [1.82, 2.24) is 0 Å². The zero-order valence-corrected chi connectivity index (χ0v) is 21.5. The van der Waals surface area contributed by atoms with E-state index in [2.05, 4.69) is 27.7 Å².